The fraction of sp³-hybridized carbons (Fsp3) is 0.278. The van der Waals surface area contributed by atoms with Crippen LogP contribution in [-0.4, -0.2) is 13.3 Å². The van der Waals surface area contributed by atoms with E-state index in [-0.39, 0.29) is 23.9 Å². The summed E-state index contributed by atoms with van der Waals surface area (Å²) in [6.07, 6.45) is -5.48. The van der Waals surface area contributed by atoms with E-state index in [0.717, 1.165) is 13.2 Å². The lowest BCUT2D eigenvalue weighted by Crippen LogP contribution is -2.12. The Bertz CT molecular complexity index is 790. The molecule has 0 aliphatic heterocycles. The van der Waals surface area contributed by atoms with Gasteiger partial charge in [0, 0.05) is 11.3 Å². The number of thiol groups is 1. The average molecular weight is 386 g/mol. The first-order chi connectivity index (χ1) is 12.3. The first kappa shape index (κ1) is 20.0. The maximum Gasteiger partial charge on any atom is 0.513 e. The highest BCUT2D eigenvalue weighted by Crippen LogP contribution is 2.37. The molecule has 0 heterocycles. The number of benzene rings is 2. The second-order valence-electron chi connectivity index (χ2n) is 5.39. The molecule has 0 bridgehead atoms. The molecule has 2 rings (SSSR count). The first-order valence-corrected chi connectivity index (χ1v) is 8.17. The summed E-state index contributed by atoms with van der Waals surface area (Å²) in [5, 5.41) is 0. The van der Waals surface area contributed by atoms with Crippen molar-refractivity contribution in [1.29, 1.82) is 0 Å². The highest BCUT2D eigenvalue weighted by Gasteiger charge is 2.34. The van der Waals surface area contributed by atoms with Crippen LogP contribution in [0.15, 0.2) is 36.4 Å². The Labute approximate surface area is 154 Å². The molecule has 0 aliphatic carbocycles. The Morgan fingerprint density at radius 2 is 1.88 bits per heavy atom. The normalized spacial score (nSPS) is 11.2. The van der Waals surface area contributed by atoms with Crippen LogP contribution in [-0.2, 0) is 23.3 Å². The van der Waals surface area contributed by atoms with Crippen LogP contribution in [0.1, 0.15) is 22.3 Å². The molecular weight excluding hydrogens is 369 g/mol. The van der Waals surface area contributed by atoms with Gasteiger partial charge in [-0.15, -0.1) is 0 Å². The molecule has 2 aromatic carbocycles. The molecule has 0 saturated heterocycles. The van der Waals surface area contributed by atoms with Gasteiger partial charge < -0.3 is 14.2 Å². The van der Waals surface area contributed by atoms with Crippen molar-refractivity contribution < 1.29 is 32.2 Å². The van der Waals surface area contributed by atoms with E-state index in [1.54, 1.807) is 19.1 Å². The van der Waals surface area contributed by atoms with Crippen molar-refractivity contribution in [3.05, 3.63) is 58.7 Å². The molecule has 140 valence electrons. The third kappa shape index (κ3) is 4.85. The van der Waals surface area contributed by atoms with Gasteiger partial charge >= 0.3 is 12.3 Å². The third-order valence-electron chi connectivity index (χ3n) is 3.57. The monoisotopic (exact) mass is 386 g/mol. The number of hydrogen-bond acceptors (Lipinski definition) is 5. The van der Waals surface area contributed by atoms with E-state index in [1.165, 1.54) is 18.2 Å². The summed E-state index contributed by atoms with van der Waals surface area (Å²) in [5.41, 5.74) is 0.684. The lowest BCUT2D eigenvalue weighted by molar-refractivity contribution is -0.139. The van der Waals surface area contributed by atoms with Crippen LogP contribution in [0.25, 0.3) is 0 Å². The molecule has 0 N–H and O–H groups in total. The number of rotatable bonds is 5. The molecule has 26 heavy (non-hydrogen) atoms. The number of aryl methyl sites for hydroxylation is 1. The Kier molecular flexibility index (Phi) is 6.42. The van der Waals surface area contributed by atoms with Crippen molar-refractivity contribution in [3.63, 3.8) is 0 Å². The summed E-state index contributed by atoms with van der Waals surface area (Å²) in [7, 11) is 1.16. The van der Waals surface area contributed by atoms with Gasteiger partial charge in [0.05, 0.1) is 12.7 Å². The smallest absolute Gasteiger partial charge is 0.488 e. The fourth-order valence-corrected chi connectivity index (χ4v) is 2.59. The zero-order valence-electron chi connectivity index (χ0n) is 14.1. The SMILES string of the molecule is COC(=O)Oc1cccc(CS)c1COc1ccc(C)cc1C(F)(F)F. The standard InChI is InChI=1S/C18H17F3O4S/c1-11-6-7-16(14(8-11)18(19,20)21)24-9-13-12(10-26)4-3-5-15(13)25-17(22)23-2/h3-8,26H,9-10H2,1-2H3. The molecule has 0 saturated carbocycles. The minimum atomic E-state index is -4.55. The number of hydrogen-bond donors (Lipinski definition) is 1. The molecular formula is C18H17F3O4S. The van der Waals surface area contributed by atoms with E-state index >= 15 is 0 Å². The van der Waals surface area contributed by atoms with E-state index < -0.39 is 17.9 Å². The maximum atomic E-state index is 13.2. The van der Waals surface area contributed by atoms with Crippen molar-refractivity contribution in [2.75, 3.05) is 7.11 Å². The van der Waals surface area contributed by atoms with Gasteiger partial charge in [-0.1, -0.05) is 23.8 Å². The van der Waals surface area contributed by atoms with Gasteiger partial charge in [-0.3, -0.25) is 0 Å². The predicted molar refractivity (Wildman–Crippen MR) is 92.7 cm³/mol. The number of ether oxygens (including phenoxy) is 3. The minimum absolute atomic E-state index is 0.143. The topological polar surface area (TPSA) is 44.8 Å². The third-order valence-corrected chi connectivity index (χ3v) is 3.91. The van der Waals surface area contributed by atoms with Crippen LogP contribution in [0.3, 0.4) is 0 Å². The van der Waals surface area contributed by atoms with Gasteiger partial charge in [-0.25, -0.2) is 4.79 Å². The second-order valence-corrected chi connectivity index (χ2v) is 5.71. The zero-order valence-corrected chi connectivity index (χ0v) is 15.0. The van der Waals surface area contributed by atoms with Crippen molar-refractivity contribution in [1.82, 2.24) is 0 Å². The highest BCUT2D eigenvalue weighted by molar-refractivity contribution is 7.79. The summed E-state index contributed by atoms with van der Waals surface area (Å²) < 4.78 is 54.6. The number of carbonyl (C=O) groups excluding carboxylic acids is 1. The van der Waals surface area contributed by atoms with Crippen molar-refractivity contribution in [2.45, 2.75) is 25.5 Å². The number of methoxy groups -OCH3 is 1. The summed E-state index contributed by atoms with van der Waals surface area (Å²) in [6, 6.07) is 8.67. The number of alkyl halides is 3. The van der Waals surface area contributed by atoms with E-state index in [2.05, 4.69) is 17.4 Å². The summed E-state index contributed by atoms with van der Waals surface area (Å²) in [4.78, 5) is 11.4. The molecule has 0 aliphatic rings. The molecule has 0 unspecified atom stereocenters. The Morgan fingerprint density at radius 1 is 1.15 bits per heavy atom. The van der Waals surface area contributed by atoms with Gasteiger partial charge in [-0.2, -0.15) is 25.8 Å². The molecule has 0 spiro atoms. The van der Waals surface area contributed by atoms with E-state index in [0.29, 0.717) is 16.7 Å². The van der Waals surface area contributed by atoms with E-state index in [9.17, 15) is 18.0 Å². The van der Waals surface area contributed by atoms with Crippen LogP contribution in [0.2, 0.25) is 0 Å². The van der Waals surface area contributed by atoms with Crippen LogP contribution in [0.5, 0.6) is 11.5 Å². The molecule has 0 aromatic heterocycles. The first-order valence-electron chi connectivity index (χ1n) is 7.54. The Morgan fingerprint density at radius 3 is 2.50 bits per heavy atom. The lowest BCUT2D eigenvalue weighted by Gasteiger charge is -2.17. The van der Waals surface area contributed by atoms with Gasteiger partial charge in [-0.05, 0) is 30.7 Å². The summed E-state index contributed by atoms with van der Waals surface area (Å²) in [5.74, 6) is 0.127. The predicted octanol–water partition coefficient (Wildman–Crippen LogP) is 5.17. The zero-order chi connectivity index (χ0) is 19.3. The average Bonchev–Trinajstić information content (AvgIpc) is 2.60. The van der Waals surface area contributed by atoms with Crippen LogP contribution in [0, 0.1) is 6.92 Å². The van der Waals surface area contributed by atoms with Crippen molar-refractivity contribution >= 4 is 18.8 Å². The van der Waals surface area contributed by atoms with Gasteiger partial charge in [0.1, 0.15) is 18.1 Å². The minimum Gasteiger partial charge on any atom is -0.488 e. The van der Waals surface area contributed by atoms with Gasteiger partial charge in [0.25, 0.3) is 0 Å². The molecule has 8 heteroatoms. The van der Waals surface area contributed by atoms with Crippen LogP contribution in [0.4, 0.5) is 18.0 Å². The quantitative estimate of drug-likeness (QED) is 0.438. The summed E-state index contributed by atoms with van der Waals surface area (Å²) >= 11 is 4.19. The highest BCUT2D eigenvalue weighted by atomic mass is 32.1. The van der Waals surface area contributed by atoms with Gasteiger partial charge in [0.2, 0.25) is 0 Å². The largest absolute Gasteiger partial charge is 0.513 e. The molecule has 0 atom stereocenters. The van der Waals surface area contributed by atoms with E-state index in [1.807, 2.05) is 0 Å². The van der Waals surface area contributed by atoms with Gasteiger partial charge in [0.15, 0.2) is 0 Å². The van der Waals surface area contributed by atoms with Crippen LogP contribution >= 0.6 is 12.6 Å². The molecule has 0 amide bonds. The number of halogens is 3. The van der Waals surface area contributed by atoms with Crippen LogP contribution < -0.4 is 9.47 Å². The fourth-order valence-electron chi connectivity index (χ4n) is 2.29. The van der Waals surface area contributed by atoms with Crippen molar-refractivity contribution in [3.8, 4) is 11.5 Å². The second kappa shape index (κ2) is 8.35. The van der Waals surface area contributed by atoms with Crippen molar-refractivity contribution in [2.24, 2.45) is 0 Å². The maximum absolute atomic E-state index is 13.2. The molecule has 0 radical (unpaired) electrons. The molecule has 0 fully saturated rings. The summed E-state index contributed by atoms with van der Waals surface area (Å²) in [6.45, 7) is 1.34. The number of carbonyl (C=O) groups is 1. The molecule has 2 aromatic rings. The Balaban J connectivity index is 2.34. The lowest BCUT2D eigenvalue weighted by atomic mass is 10.1. The molecule has 4 nitrogen and oxygen atoms in total. The Hall–Kier alpha value is -2.35. The van der Waals surface area contributed by atoms with E-state index in [4.69, 9.17) is 9.47 Å².